The van der Waals surface area contributed by atoms with E-state index >= 15 is 0 Å². The zero-order chi connectivity index (χ0) is 53.6. The maximum absolute atomic E-state index is 12.9. The van der Waals surface area contributed by atoms with Crippen molar-refractivity contribution in [2.24, 2.45) is 0 Å². The average molecular weight is 1030 g/mol. The largest absolute Gasteiger partial charge is 0.756 e. The van der Waals surface area contributed by atoms with Crippen LogP contribution < -0.4 is 10.2 Å². The molecule has 73 heavy (non-hydrogen) atoms. The number of carbonyl (C=O) groups is 1. The number of unbranched alkanes of at least 4 members (excludes halogenated alkanes) is 6. The Hall–Kier alpha value is -4.18. The summed E-state index contributed by atoms with van der Waals surface area (Å²) >= 11 is 0. The van der Waals surface area contributed by atoms with Crippen LogP contribution in [0.2, 0.25) is 0 Å². The van der Waals surface area contributed by atoms with E-state index in [-0.39, 0.29) is 25.4 Å². The van der Waals surface area contributed by atoms with E-state index in [0.29, 0.717) is 23.9 Å². The number of nitrogens with one attached hydrogen (secondary N) is 1. The molecule has 10 heteroatoms. The van der Waals surface area contributed by atoms with E-state index in [4.69, 9.17) is 9.05 Å². The molecule has 0 saturated heterocycles. The molecule has 3 N–H and O–H groups in total. The van der Waals surface area contributed by atoms with Crippen LogP contribution in [0.15, 0.2) is 170 Å². The van der Waals surface area contributed by atoms with Crippen molar-refractivity contribution in [2.45, 2.75) is 180 Å². The van der Waals surface area contributed by atoms with Crippen molar-refractivity contribution in [2.75, 3.05) is 40.9 Å². The number of rotatable bonds is 47. The standard InChI is InChI=1S/C63H101N2O7P/c1-6-8-10-12-14-16-18-20-21-22-23-24-25-26-27-28-29-30-31-32-33-34-35-36-37-38-39-40-41-42-43-44-46-48-50-52-54-56-62(67)64-60(59-72-73(69,70)71-58-57-65(3,4)5)63(68)61(66)55-53-51-49-47-45-19-17-15-13-11-9-7-2/h7-10,14-17,20-21,23-24,26-27,29-30,32-33,35-36,38-39,41-42,44,46-47,49,60-61,63,66,68H,6,11-13,18-19,22,25,28,31,34,37,40,43,45,48,50-59H2,1-5H3,(H-,64,67,69,70)/b9-7+,10-8-,16-14-,17-15+,21-20-,24-23-,27-26-,30-29-,33-32-,36-35-,39-38-,42-41-,46-44-,49-47+. The van der Waals surface area contributed by atoms with Crippen LogP contribution in [0.5, 0.6) is 0 Å². The lowest BCUT2D eigenvalue weighted by Gasteiger charge is -2.31. The molecule has 410 valence electrons. The summed E-state index contributed by atoms with van der Waals surface area (Å²) in [6.45, 7) is 4.01. The minimum absolute atomic E-state index is 0.0673. The van der Waals surface area contributed by atoms with E-state index in [9.17, 15) is 24.5 Å². The highest BCUT2D eigenvalue weighted by Crippen LogP contribution is 2.38. The minimum atomic E-state index is -4.71. The second kappa shape index (κ2) is 51.3. The molecule has 0 aromatic rings. The molecule has 0 saturated carbocycles. The first-order chi connectivity index (χ1) is 35.4. The number of aliphatic hydroxyl groups excluding tert-OH is 2. The SMILES string of the molecule is C/C=C/CC/C=C/CC/C=C/CCCC(O)C(O)C(COP(=O)([O-])OCC[N+](C)(C)C)NC(=O)CCCCC/C=C\C/C=C\C/C=C\C/C=C\C/C=C\C/C=C\C/C=C\C/C=C\C/C=C\C/C=C\C/C=C\CC. The number of phosphoric acid groups is 1. The van der Waals surface area contributed by atoms with Crippen LogP contribution in [-0.2, 0) is 18.4 Å². The summed E-state index contributed by atoms with van der Waals surface area (Å²) in [5, 5.41) is 24.6. The molecule has 0 heterocycles. The van der Waals surface area contributed by atoms with Crippen molar-refractivity contribution < 1.29 is 38.0 Å². The van der Waals surface area contributed by atoms with E-state index in [1.54, 1.807) is 0 Å². The van der Waals surface area contributed by atoms with Gasteiger partial charge in [-0.25, -0.2) is 0 Å². The first-order valence-corrected chi connectivity index (χ1v) is 29.0. The van der Waals surface area contributed by atoms with Crippen molar-refractivity contribution in [3.05, 3.63) is 170 Å². The van der Waals surface area contributed by atoms with Gasteiger partial charge in [-0.05, 0) is 142 Å². The summed E-state index contributed by atoms with van der Waals surface area (Å²) in [6, 6.07) is -1.13. The van der Waals surface area contributed by atoms with Gasteiger partial charge in [0.15, 0.2) is 0 Å². The summed E-state index contributed by atoms with van der Waals surface area (Å²) in [5.41, 5.74) is 0. The number of amides is 1. The van der Waals surface area contributed by atoms with E-state index in [1.807, 2.05) is 28.1 Å². The predicted molar refractivity (Wildman–Crippen MR) is 312 cm³/mol. The fourth-order valence-electron chi connectivity index (χ4n) is 6.77. The third-order valence-electron chi connectivity index (χ3n) is 11.1. The molecule has 0 spiro atoms. The molecule has 0 aliphatic rings. The first kappa shape index (κ1) is 68.8. The maximum Gasteiger partial charge on any atom is 0.268 e. The van der Waals surface area contributed by atoms with Gasteiger partial charge < -0.3 is 34.0 Å². The van der Waals surface area contributed by atoms with Crippen LogP contribution in [0.3, 0.4) is 0 Å². The number of hydrogen-bond donors (Lipinski definition) is 3. The molecular weight excluding hydrogens is 928 g/mol. The highest BCUT2D eigenvalue weighted by Gasteiger charge is 2.29. The van der Waals surface area contributed by atoms with Crippen molar-refractivity contribution in [3.8, 4) is 0 Å². The van der Waals surface area contributed by atoms with E-state index in [2.05, 4.69) is 182 Å². The van der Waals surface area contributed by atoms with Crippen molar-refractivity contribution >= 4 is 13.7 Å². The van der Waals surface area contributed by atoms with Gasteiger partial charge in [-0.1, -0.05) is 183 Å². The Kier molecular flexibility index (Phi) is 48.4. The van der Waals surface area contributed by atoms with Crippen LogP contribution in [0.1, 0.15) is 162 Å². The average Bonchev–Trinajstić information content (AvgIpc) is 3.35. The summed E-state index contributed by atoms with van der Waals surface area (Å²) in [4.78, 5) is 25.5. The number of likely N-dealkylation sites (N-methyl/N-ethyl adjacent to an activating group) is 1. The Labute approximate surface area is 446 Å². The lowest BCUT2D eigenvalue weighted by molar-refractivity contribution is -0.870. The number of carbonyl (C=O) groups excluding carboxylic acids is 1. The van der Waals surface area contributed by atoms with Gasteiger partial charge in [0, 0.05) is 6.42 Å². The second-order valence-electron chi connectivity index (χ2n) is 19.0. The van der Waals surface area contributed by atoms with Gasteiger partial charge in [-0.3, -0.25) is 9.36 Å². The molecule has 0 rings (SSSR count). The normalized spacial score (nSPS) is 15.7. The Bertz CT molecular complexity index is 1800. The van der Waals surface area contributed by atoms with Crippen LogP contribution in [0, 0.1) is 0 Å². The van der Waals surface area contributed by atoms with Gasteiger partial charge in [0.1, 0.15) is 19.3 Å². The van der Waals surface area contributed by atoms with Gasteiger partial charge in [-0.2, -0.15) is 0 Å². The van der Waals surface area contributed by atoms with E-state index in [1.165, 1.54) is 0 Å². The number of nitrogens with zero attached hydrogens (tertiary/aromatic N) is 1. The Morgan fingerprint density at radius 2 is 0.890 bits per heavy atom. The first-order valence-electron chi connectivity index (χ1n) is 27.5. The predicted octanol–water partition coefficient (Wildman–Crippen LogP) is 15.2. The smallest absolute Gasteiger partial charge is 0.268 e. The van der Waals surface area contributed by atoms with Gasteiger partial charge >= 0.3 is 0 Å². The molecule has 0 bridgehead atoms. The molecule has 0 aromatic heterocycles. The number of allylic oxidation sites excluding steroid dienone is 28. The highest BCUT2D eigenvalue weighted by atomic mass is 31.2. The number of aliphatic hydroxyl groups is 2. The molecule has 4 unspecified atom stereocenters. The lowest BCUT2D eigenvalue weighted by Crippen LogP contribution is -2.51. The molecule has 9 nitrogen and oxygen atoms in total. The Morgan fingerprint density at radius 1 is 0.521 bits per heavy atom. The maximum atomic E-state index is 12.9. The third kappa shape index (κ3) is 52.5. The zero-order valence-electron chi connectivity index (χ0n) is 46.1. The molecule has 0 radical (unpaired) electrons. The molecule has 4 atom stereocenters. The molecule has 0 aromatic carbocycles. The van der Waals surface area contributed by atoms with Crippen LogP contribution in [0.25, 0.3) is 0 Å². The van der Waals surface area contributed by atoms with E-state index < -0.39 is 32.7 Å². The van der Waals surface area contributed by atoms with Gasteiger partial charge in [0.25, 0.3) is 7.82 Å². The van der Waals surface area contributed by atoms with Crippen LogP contribution in [0.4, 0.5) is 0 Å². The molecule has 0 aliphatic heterocycles. The van der Waals surface area contributed by atoms with Crippen molar-refractivity contribution in [1.29, 1.82) is 0 Å². The summed E-state index contributed by atoms with van der Waals surface area (Å²) in [6.07, 6.45) is 78.7. The second-order valence-corrected chi connectivity index (χ2v) is 20.4. The zero-order valence-corrected chi connectivity index (χ0v) is 47.0. The minimum Gasteiger partial charge on any atom is -0.756 e. The number of hydrogen-bond acceptors (Lipinski definition) is 7. The summed E-state index contributed by atoms with van der Waals surface area (Å²) in [7, 11) is 1.04. The summed E-state index contributed by atoms with van der Waals surface area (Å²) < 4.78 is 23.2. The van der Waals surface area contributed by atoms with Crippen molar-refractivity contribution in [3.63, 3.8) is 0 Å². The fraction of sp³-hybridized carbons (Fsp3) is 0.540. The van der Waals surface area contributed by atoms with Gasteiger partial charge in [-0.15, -0.1) is 0 Å². The fourth-order valence-corrected chi connectivity index (χ4v) is 7.49. The Balaban J connectivity index is 4.35. The molecule has 0 fully saturated rings. The molecule has 0 aliphatic carbocycles. The monoisotopic (exact) mass is 1030 g/mol. The molecule has 1 amide bonds. The topological polar surface area (TPSA) is 128 Å². The van der Waals surface area contributed by atoms with Crippen LogP contribution in [-0.4, -0.2) is 79.8 Å². The van der Waals surface area contributed by atoms with Gasteiger partial charge in [0.2, 0.25) is 5.91 Å². The number of quaternary nitrogens is 1. The quantitative estimate of drug-likeness (QED) is 0.0240. The van der Waals surface area contributed by atoms with Crippen molar-refractivity contribution in [1.82, 2.24) is 5.32 Å². The van der Waals surface area contributed by atoms with E-state index in [0.717, 1.165) is 122 Å². The van der Waals surface area contributed by atoms with Crippen LogP contribution >= 0.6 is 7.82 Å². The molecular formula is C63H101N2O7P. The highest BCUT2D eigenvalue weighted by molar-refractivity contribution is 7.45. The van der Waals surface area contributed by atoms with Gasteiger partial charge in [0.05, 0.1) is 39.9 Å². The lowest BCUT2D eigenvalue weighted by atomic mass is 10.0. The Morgan fingerprint density at radius 3 is 1.30 bits per heavy atom. The summed E-state index contributed by atoms with van der Waals surface area (Å²) in [5.74, 6) is -0.336. The third-order valence-corrected chi connectivity index (χ3v) is 12.0. The number of phosphoric ester groups is 1.